The molecule has 0 radical (unpaired) electrons. The fraction of sp³-hybridized carbons (Fsp3) is 0.647. The highest BCUT2D eigenvalue weighted by molar-refractivity contribution is 5.28. The van der Waals surface area contributed by atoms with Crippen LogP contribution in [0.1, 0.15) is 31.7 Å². The summed E-state index contributed by atoms with van der Waals surface area (Å²) < 4.78 is 6.09. The molecule has 20 heavy (non-hydrogen) atoms. The molecule has 1 saturated carbocycles. The Morgan fingerprint density at radius 2 is 2.25 bits per heavy atom. The summed E-state index contributed by atoms with van der Waals surface area (Å²) in [4.78, 5) is 0. The third kappa shape index (κ3) is 2.84. The normalized spacial score (nSPS) is 29.8. The van der Waals surface area contributed by atoms with E-state index >= 15 is 0 Å². The first kappa shape index (κ1) is 13.9. The number of phenols is 1. The monoisotopic (exact) mass is 275 g/mol. The fourth-order valence-corrected chi connectivity index (χ4v) is 3.63. The van der Waals surface area contributed by atoms with E-state index in [-0.39, 0.29) is 5.41 Å². The van der Waals surface area contributed by atoms with Crippen LogP contribution in [-0.4, -0.2) is 30.9 Å². The molecule has 0 aromatic heterocycles. The van der Waals surface area contributed by atoms with E-state index in [1.54, 1.807) is 6.07 Å². The van der Waals surface area contributed by atoms with Crippen LogP contribution in [0.25, 0.3) is 0 Å². The quantitative estimate of drug-likeness (QED) is 0.839. The topological polar surface area (TPSA) is 41.5 Å². The Bertz CT molecular complexity index is 458. The van der Waals surface area contributed by atoms with Crippen LogP contribution in [0.5, 0.6) is 5.75 Å². The third-order valence-corrected chi connectivity index (χ3v) is 4.74. The number of rotatable bonds is 6. The number of aromatic hydroxyl groups is 1. The molecule has 1 heterocycles. The fourth-order valence-electron chi connectivity index (χ4n) is 3.63. The largest absolute Gasteiger partial charge is 0.508 e. The average Bonchev–Trinajstić information content (AvgIpc) is 3.19. The summed E-state index contributed by atoms with van der Waals surface area (Å²) in [6.07, 6.45) is 5.15. The zero-order valence-electron chi connectivity index (χ0n) is 12.3. The van der Waals surface area contributed by atoms with Gasteiger partial charge in [0.25, 0.3) is 0 Å². The number of hydrogen-bond acceptors (Lipinski definition) is 3. The van der Waals surface area contributed by atoms with Crippen molar-refractivity contribution < 1.29 is 9.84 Å². The highest BCUT2D eigenvalue weighted by Crippen LogP contribution is 2.49. The SMILES string of the molecule is CCNCC1(Cc2cccc(O)c2)CCOC1C1CC1. The molecule has 2 N–H and O–H groups in total. The minimum Gasteiger partial charge on any atom is -0.508 e. The van der Waals surface area contributed by atoms with E-state index in [2.05, 4.69) is 18.3 Å². The highest BCUT2D eigenvalue weighted by atomic mass is 16.5. The molecular weight excluding hydrogens is 250 g/mol. The van der Waals surface area contributed by atoms with Gasteiger partial charge in [0, 0.05) is 18.6 Å². The van der Waals surface area contributed by atoms with Gasteiger partial charge in [0.1, 0.15) is 5.75 Å². The van der Waals surface area contributed by atoms with Gasteiger partial charge >= 0.3 is 0 Å². The molecule has 0 amide bonds. The summed E-state index contributed by atoms with van der Waals surface area (Å²) >= 11 is 0. The van der Waals surface area contributed by atoms with Gasteiger partial charge in [-0.05, 0) is 55.8 Å². The van der Waals surface area contributed by atoms with Gasteiger partial charge in [-0.1, -0.05) is 19.1 Å². The van der Waals surface area contributed by atoms with Gasteiger partial charge in [0.2, 0.25) is 0 Å². The molecule has 1 aromatic rings. The Balaban J connectivity index is 1.81. The Labute approximate surface area is 121 Å². The summed E-state index contributed by atoms with van der Waals surface area (Å²) in [5, 5.41) is 13.2. The van der Waals surface area contributed by atoms with Crippen LogP contribution in [0.2, 0.25) is 0 Å². The molecule has 1 saturated heterocycles. The van der Waals surface area contributed by atoms with Crippen LogP contribution in [0.15, 0.2) is 24.3 Å². The van der Waals surface area contributed by atoms with Crippen molar-refractivity contribution in [3.05, 3.63) is 29.8 Å². The second-order valence-corrected chi connectivity index (χ2v) is 6.37. The number of benzene rings is 1. The average molecular weight is 275 g/mol. The zero-order valence-corrected chi connectivity index (χ0v) is 12.3. The molecule has 2 fully saturated rings. The Morgan fingerprint density at radius 1 is 1.40 bits per heavy atom. The van der Waals surface area contributed by atoms with E-state index in [0.29, 0.717) is 11.9 Å². The van der Waals surface area contributed by atoms with Crippen LogP contribution >= 0.6 is 0 Å². The van der Waals surface area contributed by atoms with Crippen molar-refractivity contribution in [3.8, 4) is 5.75 Å². The molecule has 0 spiro atoms. The molecule has 110 valence electrons. The van der Waals surface area contributed by atoms with Crippen molar-refractivity contribution in [1.29, 1.82) is 0 Å². The minimum absolute atomic E-state index is 0.199. The lowest BCUT2D eigenvalue weighted by atomic mass is 9.74. The van der Waals surface area contributed by atoms with Crippen molar-refractivity contribution in [3.63, 3.8) is 0 Å². The number of phenolic OH excluding ortho intramolecular Hbond substituents is 1. The van der Waals surface area contributed by atoms with Gasteiger partial charge in [-0.2, -0.15) is 0 Å². The van der Waals surface area contributed by atoms with Crippen molar-refractivity contribution in [2.24, 2.45) is 11.3 Å². The Morgan fingerprint density at radius 3 is 2.95 bits per heavy atom. The highest BCUT2D eigenvalue weighted by Gasteiger charge is 2.50. The molecule has 1 aromatic carbocycles. The molecule has 0 bridgehead atoms. The first-order valence-corrected chi connectivity index (χ1v) is 7.84. The van der Waals surface area contributed by atoms with Gasteiger partial charge < -0.3 is 15.2 Å². The molecule has 1 aliphatic heterocycles. The van der Waals surface area contributed by atoms with Gasteiger partial charge in [0.15, 0.2) is 0 Å². The molecule has 1 aliphatic carbocycles. The van der Waals surface area contributed by atoms with Crippen LogP contribution in [0, 0.1) is 11.3 Å². The van der Waals surface area contributed by atoms with Crippen molar-refractivity contribution in [2.75, 3.05) is 19.7 Å². The van der Waals surface area contributed by atoms with Gasteiger partial charge in [0.05, 0.1) is 6.10 Å². The predicted molar refractivity (Wildman–Crippen MR) is 79.9 cm³/mol. The van der Waals surface area contributed by atoms with Gasteiger partial charge in [-0.25, -0.2) is 0 Å². The van der Waals surface area contributed by atoms with E-state index in [1.165, 1.54) is 18.4 Å². The molecule has 2 unspecified atom stereocenters. The van der Waals surface area contributed by atoms with Crippen LogP contribution in [0.4, 0.5) is 0 Å². The van der Waals surface area contributed by atoms with E-state index < -0.39 is 0 Å². The molecule has 2 atom stereocenters. The summed E-state index contributed by atoms with van der Waals surface area (Å²) in [6, 6.07) is 7.70. The van der Waals surface area contributed by atoms with Crippen molar-refractivity contribution >= 4 is 0 Å². The standard InChI is InChI=1S/C17H25NO2/c1-2-18-12-17(8-9-20-16(17)14-6-7-14)11-13-4-3-5-15(19)10-13/h3-5,10,14,16,18-19H,2,6-9,11-12H2,1H3. The molecule has 3 rings (SSSR count). The van der Waals surface area contributed by atoms with Crippen molar-refractivity contribution in [1.82, 2.24) is 5.32 Å². The van der Waals surface area contributed by atoms with Gasteiger partial charge in [-0.3, -0.25) is 0 Å². The predicted octanol–water partition coefficient (Wildman–Crippen LogP) is 2.73. The lowest BCUT2D eigenvalue weighted by Crippen LogP contribution is -2.43. The molecular formula is C17H25NO2. The molecule has 3 heteroatoms. The Hall–Kier alpha value is -1.06. The van der Waals surface area contributed by atoms with Gasteiger partial charge in [-0.15, -0.1) is 0 Å². The number of nitrogens with one attached hydrogen (secondary N) is 1. The van der Waals surface area contributed by atoms with Crippen LogP contribution in [-0.2, 0) is 11.2 Å². The number of hydrogen-bond donors (Lipinski definition) is 2. The second-order valence-electron chi connectivity index (χ2n) is 6.37. The molecule has 2 aliphatic rings. The first-order chi connectivity index (χ1) is 9.73. The third-order valence-electron chi connectivity index (χ3n) is 4.74. The lowest BCUT2D eigenvalue weighted by Gasteiger charge is -2.35. The lowest BCUT2D eigenvalue weighted by molar-refractivity contribution is 0.0308. The minimum atomic E-state index is 0.199. The van der Waals surface area contributed by atoms with E-state index in [9.17, 15) is 5.11 Å². The molecule has 3 nitrogen and oxygen atoms in total. The summed E-state index contributed by atoms with van der Waals surface area (Å²) in [5.41, 5.74) is 1.42. The first-order valence-electron chi connectivity index (χ1n) is 7.84. The van der Waals surface area contributed by atoms with E-state index in [1.807, 2.05) is 12.1 Å². The Kier molecular flexibility index (Phi) is 3.99. The van der Waals surface area contributed by atoms with E-state index in [4.69, 9.17) is 4.74 Å². The maximum Gasteiger partial charge on any atom is 0.115 e. The second kappa shape index (κ2) is 5.74. The number of ether oxygens (including phenoxy) is 1. The van der Waals surface area contributed by atoms with Crippen LogP contribution < -0.4 is 5.32 Å². The van der Waals surface area contributed by atoms with Crippen molar-refractivity contribution in [2.45, 2.75) is 38.7 Å². The summed E-state index contributed by atoms with van der Waals surface area (Å²) in [7, 11) is 0. The maximum absolute atomic E-state index is 9.69. The maximum atomic E-state index is 9.69. The smallest absolute Gasteiger partial charge is 0.115 e. The van der Waals surface area contributed by atoms with E-state index in [0.717, 1.165) is 38.5 Å². The summed E-state index contributed by atoms with van der Waals surface area (Å²) in [5.74, 6) is 1.12. The zero-order chi connectivity index (χ0) is 14.0. The summed E-state index contributed by atoms with van der Waals surface area (Å²) in [6.45, 7) is 5.05. The van der Waals surface area contributed by atoms with Crippen LogP contribution in [0.3, 0.4) is 0 Å².